The monoisotopic (exact) mass is 292 g/mol. The van der Waals surface area contributed by atoms with E-state index in [0.29, 0.717) is 0 Å². The van der Waals surface area contributed by atoms with Gasteiger partial charge in [0.25, 0.3) is 5.69 Å². The van der Waals surface area contributed by atoms with E-state index in [9.17, 15) is 10.1 Å². The van der Waals surface area contributed by atoms with Crippen LogP contribution in [-0.2, 0) is 0 Å². The SMILES string of the molecule is CN(C)CC1N=NN(c2ccc([N+](=O)[O-])cc2)C1N(C)C. The zero-order chi connectivity index (χ0) is 15.6. The number of hydrogen-bond acceptors (Lipinski definition) is 7. The number of nitrogens with zero attached hydrogens (tertiary/aromatic N) is 6. The lowest BCUT2D eigenvalue weighted by atomic mass is 10.2. The normalized spacial score (nSPS) is 21.5. The number of hydrogen-bond donors (Lipinski definition) is 0. The van der Waals surface area contributed by atoms with Gasteiger partial charge in [0.05, 0.1) is 10.6 Å². The van der Waals surface area contributed by atoms with Gasteiger partial charge in [0.2, 0.25) is 0 Å². The summed E-state index contributed by atoms with van der Waals surface area (Å²) in [5.74, 6) is 0. The van der Waals surface area contributed by atoms with Crippen molar-refractivity contribution in [2.75, 3.05) is 39.7 Å². The molecule has 1 aromatic rings. The smallest absolute Gasteiger partial charge is 0.269 e. The molecule has 0 spiro atoms. The molecule has 2 atom stereocenters. The lowest BCUT2D eigenvalue weighted by molar-refractivity contribution is -0.384. The Hall–Kier alpha value is -2.06. The second-order valence-electron chi connectivity index (χ2n) is 5.53. The van der Waals surface area contributed by atoms with Gasteiger partial charge in [0, 0.05) is 18.7 Å². The molecule has 0 fully saturated rings. The van der Waals surface area contributed by atoms with Gasteiger partial charge in [-0.05, 0) is 40.3 Å². The van der Waals surface area contributed by atoms with E-state index in [4.69, 9.17) is 0 Å². The van der Waals surface area contributed by atoms with Crippen molar-refractivity contribution >= 4 is 11.4 Å². The number of nitro benzene ring substituents is 1. The van der Waals surface area contributed by atoms with Gasteiger partial charge in [-0.25, -0.2) is 5.01 Å². The first-order valence-corrected chi connectivity index (χ1v) is 6.65. The molecule has 0 N–H and O–H groups in total. The maximum Gasteiger partial charge on any atom is 0.269 e. The predicted molar refractivity (Wildman–Crippen MR) is 80.2 cm³/mol. The fourth-order valence-electron chi connectivity index (χ4n) is 2.40. The maximum atomic E-state index is 10.7. The molecule has 8 heteroatoms. The van der Waals surface area contributed by atoms with Crippen molar-refractivity contribution in [2.24, 2.45) is 10.3 Å². The Balaban J connectivity index is 2.22. The van der Waals surface area contributed by atoms with E-state index in [0.717, 1.165) is 12.2 Å². The summed E-state index contributed by atoms with van der Waals surface area (Å²) in [4.78, 5) is 14.4. The van der Waals surface area contributed by atoms with Gasteiger partial charge in [-0.15, -0.1) is 0 Å². The molecule has 0 bridgehead atoms. The summed E-state index contributed by atoms with van der Waals surface area (Å²) in [5.41, 5.74) is 0.866. The van der Waals surface area contributed by atoms with Gasteiger partial charge in [0.1, 0.15) is 12.2 Å². The van der Waals surface area contributed by atoms with Crippen LogP contribution in [0.2, 0.25) is 0 Å². The lowest BCUT2D eigenvalue weighted by Crippen LogP contribution is -2.49. The topological polar surface area (TPSA) is 77.6 Å². The van der Waals surface area contributed by atoms with Crippen LogP contribution in [0.25, 0.3) is 0 Å². The van der Waals surface area contributed by atoms with Crippen LogP contribution in [0.3, 0.4) is 0 Å². The minimum Gasteiger partial charge on any atom is -0.307 e. The standard InChI is InChI=1S/C13H20N6O2/c1-16(2)9-12-13(17(3)4)18(15-14-12)10-5-7-11(8-6-10)19(20)21/h5-8,12-13H,9H2,1-4H3. The molecule has 2 rings (SSSR count). The maximum absolute atomic E-state index is 10.7. The van der Waals surface area contributed by atoms with Crippen LogP contribution in [0.4, 0.5) is 11.4 Å². The number of benzene rings is 1. The average molecular weight is 292 g/mol. The third-order valence-corrected chi connectivity index (χ3v) is 3.30. The predicted octanol–water partition coefficient (Wildman–Crippen LogP) is 1.60. The highest BCUT2D eigenvalue weighted by atomic mass is 16.6. The molecule has 0 aromatic heterocycles. The first kappa shape index (κ1) is 15.3. The highest BCUT2D eigenvalue weighted by Crippen LogP contribution is 2.28. The summed E-state index contributed by atoms with van der Waals surface area (Å²) in [6, 6.07) is 6.40. The van der Waals surface area contributed by atoms with Crippen LogP contribution in [0.15, 0.2) is 34.6 Å². The summed E-state index contributed by atoms with van der Waals surface area (Å²) in [6.07, 6.45) is -0.00569. The van der Waals surface area contributed by atoms with Gasteiger partial charge in [0.15, 0.2) is 0 Å². The molecule has 8 nitrogen and oxygen atoms in total. The van der Waals surface area contributed by atoms with Crippen LogP contribution in [0.1, 0.15) is 0 Å². The van der Waals surface area contributed by atoms with Crippen LogP contribution in [-0.4, -0.2) is 61.7 Å². The Morgan fingerprint density at radius 1 is 1.24 bits per heavy atom. The number of non-ortho nitro benzene ring substituents is 1. The lowest BCUT2D eigenvalue weighted by Gasteiger charge is -2.31. The van der Waals surface area contributed by atoms with Crippen molar-refractivity contribution in [2.45, 2.75) is 12.2 Å². The molecule has 1 aliphatic rings. The van der Waals surface area contributed by atoms with E-state index >= 15 is 0 Å². The van der Waals surface area contributed by atoms with E-state index in [1.165, 1.54) is 12.1 Å². The quantitative estimate of drug-likeness (QED) is 0.608. The van der Waals surface area contributed by atoms with Gasteiger partial charge >= 0.3 is 0 Å². The summed E-state index contributed by atoms with van der Waals surface area (Å²) in [7, 11) is 7.94. The molecule has 2 unspecified atom stereocenters. The molecule has 0 saturated heterocycles. The Morgan fingerprint density at radius 2 is 1.86 bits per heavy atom. The van der Waals surface area contributed by atoms with E-state index in [1.807, 2.05) is 28.2 Å². The number of rotatable bonds is 5. The first-order valence-electron chi connectivity index (χ1n) is 6.65. The fourth-order valence-corrected chi connectivity index (χ4v) is 2.40. The van der Waals surface area contributed by atoms with Crippen molar-refractivity contribution in [3.05, 3.63) is 34.4 Å². The minimum atomic E-state index is -0.409. The van der Waals surface area contributed by atoms with Crippen molar-refractivity contribution in [1.29, 1.82) is 0 Å². The van der Waals surface area contributed by atoms with Gasteiger partial charge in [-0.2, -0.15) is 5.11 Å². The molecule has 21 heavy (non-hydrogen) atoms. The van der Waals surface area contributed by atoms with Crippen molar-refractivity contribution in [3.63, 3.8) is 0 Å². The first-order chi connectivity index (χ1) is 9.90. The summed E-state index contributed by atoms with van der Waals surface area (Å²) in [6.45, 7) is 0.788. The third kappa shape index (κ3) is 3.34. The molecule has 1 aliphatic heterocycles. The molecule has 114 valence electrons. The number of anilines is 1. The molecule has 1 heterocycles. The van der Waals surface area contributed by atoms with Crippen LogP contribution >= 0.6 is 0 Å². The van der Waals surface area contributed by atoms with E-state index in [2.05, 4.69) is 20.1 Å². The van der Waals surface area contributed by atoms with Gasteiger partial charge in [-0.1, -0.05) is 5.22 Å². The summed E-state index contributed by atoms with van der Waals surface area (Å²) >= 11 is 0. The van der Waals surface area contributed by atoms with Gasteiger partial charge in [-0.3, -0.25) is 15.0 Å². The van der Waals surface area contributed by atoms with E-state index in [-0.39, 0.29) is 17.9 Å². The molecule has 0 amide bonds. The van der Waals surface area contributed by atoms with Crippen LogP contribution < -0.4 is 5.01 Å². The third-order valence-electron chi connectivity index (χ3n) is 3.30. The minimum absolute atomic E-state index is 0.00569. The number of nitro groups is 1. The van der Waals surface area contributed by atoms with Crippen LogP contribution in [0, 0.1) is 10.1 Å². The van der Waals surface area contributed by atoms with E-state index < -0.39 is 4.92 Å². The zero-order valence-electron chi connectivity index (χ0n) is 12.7. The molecule has 0 saturated carbocycles. The summed E-state index contributed by atoms with van der Waals surface area (Å²) < 4.78 is 0. The molecule has 1 aromatic carbocycles. The highest BCUT2D eigenvalue weighted by molar-refractivity contribution is 5.51. The second kappa shape index (κ2) is 6.15. The van der Waals surface area contributed by atoms with Crippen molar-refractivity contribution in [1.82, 2.24) is 9.80 Å². The Morgan fingerprint density at radius 3 is 2.33 bits per heavy atom. The average Bonchev–Trinajstić information content (AvgIpc) is 2.81. The zero-order valence-corrected chi connectivity index (χ0v) is 12.7. The molecular weight excluding hydrogens is 272 g/mol. The Bertz CT molecular complexity index is 528. The Labute approximate surface area is 123 Å². The van der Waals surface area contributed by atoms with Crippen molar-refractivity contribution < 1.29 is 4.92 Å². The van der Waals surface area contributed by atoms with Crippen LogP contribution in [0.5, 0.6) is 0 Å². The second-order valence-corrected chi connectivity index (χ2v) is 5.53. The fraction of sp³-hybridized carbons (Fsp3) is 0.538. The van der Waals surface area contributed by atoms with Gasteiger partial charge < -0.3 is 4.90 Å². The highest BCUT2D eigenvalue weighted by Gasteiger charge is 2.35. The molecular formula is C13H20N6O2. The number of likely N-dealkylation sites (N-methyl/N-ethyl adjacent to an activating group) is 2. The summed E-state index contributed by atoms with van der Waals surface area (Å²) in [5, 5.41) is 21.1. The molecule has 0 aliphatic carbocycles. The molecule has 0 radical (unpaired) electrons. The van der Waals surface area contributed by atoms with Crippen molar-refractivity contribution in [3.8, 4) is 0 Å². The van der Waals surface area contributed by atoms with E-state index in [1.54, 1.807) is 17.1 Å². The largest absolute Gasteiger partial charge is 0.307 e. The Kier molecular flexibility index (Phi) is 4.49.